The first-order valence-electron chi connectivity index (χ1n) is 4.80. The Labute approximate surface area is 110 Å². The number of carboxylic acid groups (broad SMARTS) is 1. The molecule has 1 aromatic rings. The third-order valence-electron chi connectivity index (χ3n) is 2.14. The van der Waals surface area contributed by atoms with Crippen LogP contribution in [0.1, 0.15) is 16.8 Å². The van der Waals surface area contributed by atoms with Crippen LogP contribution in [0.2, 0.25) is 0 Å². The van der Waals surface area contributed by atoms with Crippen molar-refractivity contribution in [3.05, 3.63) is 29.3 Å². The fraction of sp³-hybridized carbons (Fsp3) is 0.273. The van der Waals surface area contributed by atoms with Crippen LogP contribution in [-0.2, 0) is 4.79 Å². The molecule has 18 heavy (non-hydrogen) atoms. The number of benzene rings is 1. The van der Waals surface area contributed by atoms with Gasteiger partial charge < -0.3 is 9.84 Å². The summed E-state index contributed by atoms with van der Waals surface area (Å²) in [5.41, 5.74) is -0.779. The number of carbonyl (C=O) groups excluding carboxylic acids is 1. The van der Waals surface area contributed by atoms with Crippen LogP contribution in [0.25, 0.3) is 0 Å². The van der Waals surface area contributed by atoms with E-state index in [1.807, 2.05) is 0 Å². The molecule has 0 aliphatic rings. The van der Waals surface area contributed by atoms with Crippen molar-refractivity contribution in [2.75, 3.05) is 7.11 Å². The molecule has 0 bridgehead atoms. The molecule has 0 saturated heterocycles. The first-order chi connectivity index (χ1) is 8.36. The Hall–Kier alpha value is -1.50. The summed E-state index contributed by atoms with van der Waals surface area (Å²) in [6.07, 6.45) is -0.566. The predicted octanol–water partition coefficient (Wildman–Crippen LogP) is 2.39. The topological polar surface area (TPSA) is 63.6 Å². The molecule has 0 heterocycles. The molecule has 0 fully saturated rings. The molecule has 1 aromatic carbocycles. The highest BCUT2D eigenvalue weighted by Crippen LogP contribution is 2.24. The van der Waals surface area contributed by atoms with Crippen molar-refractivity contribution in [2.24, 2.45) is 0 Å². The van der Waals surface area contributed by atoms with E-state index in [9.17, 15) is 18.4 Å². The Morgan fingerprint density at radius 2 is 1.89 bits per heavy atom. The van der Waals surface area contributed by atoms with Gasteiger partial charge >= 0.3 is 5.97 Å². The molecule has 7 heteroatoms. The number of methoxy groups -OCH3 is 1. The van der Waals surface area contributed by atoms with Crippen LogP contribution in [0.3, 0.4) is 0 Å². The number of rotatable bonds is 5. The van der Waals surface area contributed by atoms with E-state index in [2.05, 4.69) is 20.7 Å². The second-order valence-corrected chi connectivity index (χ2v) is 4.50. The van der Waals surface area contributed by atoms with Gasteiger partial charge in [0.15, 0.2) is 5.78 Å². The molecule has 0 aliphatic carbocycles. The fourth-order valence-corrected chi connectivity index (χ4v) is 1.81. The highest BCUT2D eigenvalue weighted by molar-refractivity contribution is 9.10. The van der Waals surface area contributed by atoms with Gasteiger partial charge in [0.25, 0.3) is 0 Å². The summed E-state index contributed by atoms with van der Waals surface area (Å²) in [6, 6.07) is 1.72. The quantitative estimate of drug-likeness (QED) is 0.668. The molecule has 1 rings (SSSR count). The van der Waals surface area contributed by atoms with Crippen LogP contribution < -0.4 is 4.74 Å². The lowest BCUT2D eigenvalue weighted by molar-refractivity contribution is -0.136. The van der Waals surface area contributed by atoms with Crippen LogP contribution in [0.15, 0.2) is 12.1 Å². The molecule has 1 N–H and O–H groups in total. The van der Waals surface area contributed by atoms with Crippen molar-refractivity contribution in [1.82, 2.24) is 0 Å². The van der Waals surface area contributed by atoms with Gasteiger partial charge in [-0.15, -0.1) is 0 Å². The summed E-state index contributed by atoms with van der Waals surface area (Å²) in [6.45, 7) is 0. The molecule has 0 aliphatic heterocycles. The van der Waals surface area contributed by atoms with Crippen molar-refractivity contribution in [2.45, 2.75) is 11.2 Å². The molecular formula is C11H9BrF2O4. The molecule has 0 saturated carbocycles. The van der Waals surface area contributed by atoms with E-state index in [0.717, 1.165) is 12.1 Å². The van der Waals surface area contributed by atoms with Crippen LogP contribution in [0, 0.1) is 11.6 Å². The second kappa shape index (κ2) is 5.90. The van der Waals surface area contributed by atoms with Gasteiger partial charge in [-0.3, -0.25) is 9.59 Å². The Bertz CT molecular complexity index is 467. The maximum atomic E-state index is 13.5. The van der Waals surface area contributed by atoms with Crippen molar-refractivity contribution in [1.29, 1.82) is 0 Å². The first kappa shape index (κ1) is 14.6. The molecule has 1 unspecified atom stereocenters. The number of ketones is 1. The zero-order valence-corrected chi connectivity index (χ0v) is 10.8. The van der Waals surface area contributed by atoms with E-state index in [1.54, 1.807) is 0 Å². The standard InChI is InChI=1S/C11H9BrF2O4/c1-18-5-2-7(13)10(8(14)3-5)11(17)6(12)4-9(15)16/h2-3,6H,4H2,1H3,(H,15,16). The van der Waals surface area contributed by atoms with Crippen molar-refractivity contribution in [3.63, 3.8) is 0 Å². The number of aliphatic carboxylic acids is 1. The van der Waals surface area contributed by atoms with Gasteiger partial charge in [-0.1, -0.05) is 15.9 Å². The van der Waals surface area contributed by atoms with Crippen LogP contribution in [0.4, 0.5) is 8.78 Å². The summed E-state index contributed by atoms with van der Waals surface area (Å²) in [5.74, 6) is -4.46. The highest BCUT2D eigenvalue weighted by Gasteiger charge is 2.26. The summed E-state index contributed by atoms with van der Waals surface area (Å²) >= 11 is 2.79. The Morgan fingerprint density at radius 3 is 2.28 bits per heavy atom. The molecular weight excluding hydrogens is 314 g/mol. The molecule has 0 amide bonds. The molecule has 1 atom stereocenters. The largest absolute Gasteiger partial charge is 0.497 e. The van der Waals surface area contributed by atoms with E-state index in [1.165, 1.54) is 7.11 Å². The molecule has 0 aromatic heterocycles. The van der Waals surface area contributed by atoms with Crippen LogP contribution in [0.5, 0.6) is 5.75 Å². The lowest BCUT2D eigenvalue weighted by Gasteiger charge is -2.09. The first-order valence-corrected chi connectivity index (χ1v) is 5.71. The maximum absolute atomic E-state index is 13.5. The van der Waals surface area contributed by atoms with Gasteiger partial charge in [0.05, 0.1) is 23.9 Å². The SMILES string of the molecule is COc1cc(F)c(C(=O)C(Br)CC(=O)O)c(F)c1. The molecule has 0 radical (unpaired) electrons. The van der Waals surface area contributed by atoms with Crippen molar-refractivity contribution >= 4 is 27.7 Å². The monoisotopic (exact) mass is 322 g/mol. The van der Waals surface area contributed by atoms with E-state index in [4.69, 9.17) is 5.11 Å². The van der Waals surface area contributed by atoms with Crippen molar-refractivity contribution in [3.8, 4) is 5.75 Å². The number of carboxylic acids is 1. The van der Waals surface area contributed by atoms with Gasteiger partial charge in [-0.25, -0.2) is 8.78 Å². The zero-order chi connectivity index (χ0) is 13.9. The summed E-state index contributed by atoms with van der Waals surface area (Å²) in [5, 5.41) is 8.51. The van der Waals surface area contributed by atoms with E-state index in [-0.39, 0.29) is 5.75 Å². The highest BCUT2D eigenvalue weighted by atomic mass is 79.9. The maximum Gasteiger partial charge on any atom is 0.304 e. The van der Waals surface area contributed by atoms with Gasteiger partial charge in [-0.05, 0) is 0 Å². The zero-order valence-electron chi connectivity index (χ0n) is 9.25. The minimum absolute atomic E-state index is 0.0640. The second-order valence-electron chi connectivity index (χ2n) is 3.40. The predicted molar refractivity (Wildman–Crippen MR) is 62.2 cm³/mol. The van der Waals surface area contributed by atoms with E-state index in [0.29, 0.717) is 0 Å². The number of halogens is 3. The minimum atomic E-state index is -1.25. The van der Waals surface area contributed by atoms with Gasteiger partial charge in [0, 0.05) is 12.1 Å². The average molecular weight is 323 g/mol. The number of ether oxygens (including phenoxy) is 1. The third-order valence-corrected chi connectivity index (χ3v) is 2.88. The number of carbonyl (C=O) groups is 2. The number of alkyl halides is 1. The lowest BCUT2D eigenvalue weighted by atomic mass is 10.0. The van der Waals surface area contributed by atoms with Crippen molar-refractivity contribution < 1.29 is 28.2 Å². The van der Waals surface area contributed by atoms with Gasteiger partial charge in [0.1, 0.15) is 17.4 Å². The number of hydrogen-bond acceptors (Lipinski definition) is 3. The Kier molecular flexibility index (Phi) is 4.77. The minimum Gasteiger partial charge on any atom is -0.497 e. The van der Waals surface area contributed by atoms with Crippen LogP contribution in [-0.4, -0.2) is 28.8 Å². The fourth-order valence-electron chi connectivity index (χ4n) is 1.31. The third kappa shape index (κ3) is 3.25. The van der Waals surface area contributed by atoms with E-state index < -0.39 is 40.2 Å². The Morgan fingerprint density at radius 1 is 1.39 bits per heavy atom. The molecule has 0 spiro atoms. The Balaban J connectivity index is 3.09. The summed E-state index contributed by atoms with van der Waals surface area (Å²) in [4.78, 5) is 20.9. The smallest absolute Gasteiger partial charge is 0.304 e. The summed E-state index contributed by atoms with van der Waals surface area (Å²) in [7, 11) is 1.23. The number of hydrogen-bond donors (Lipinski definition) is 1. The molecule has 4 nitrogen and oxygen atoms in total. The lowest BCUT2D eigenvalue weighted by Crippen LogP contribution is -2.20. The summed E-state index contributed by atoms with van der Waals surface area (Å²) < 4.78 is 31.7. The van der Waals surface area contributed by atoms with Crippen LogP contribution >= 0.6 is 15.9 Å². The molecule has 98 valence electrons. The van der Waals surface area contributed by atoms with E-state index >= 15 is 0 Å². The average Bonchev–Trinajstić information content (AvgIpc) is 2.26. The normalized spacial score (nSPS) is 12.0. The van der Waals surface area contributed by atoms with Gasteiger partial charge in [-0.2, -0.15) is 0 Å². The van der Waals surface area contributed by atoms with Gasteiger partial charge in [0.2, 0.25) is 0 Å². The number of Topliss-reactive ketones (excluding diaryl/α,β-unsaturated/α-hetero) is 1.